The van der Waals surface area contributed by atoms with Crippen LogP contribution in [0.2, 0.25) is 0 Å². The molecule has 90 valence electrons. The van der Waals surface area contributed by atoms with Gasteiger partial charge in [0.15, 0.2) is 0 Å². The van der Waals surface area contributed by atoms with Crippen LogP contribution in [0.15, 0.2) is 0 Å². The number of hydrogen-bond donors (Lipinski definition) is 2. The summed E-state index contributed by atoms with van der Waals surface area (Å²) in [6, 6.07) is -0.249. The minimum Gasteiger partial charge on any atom is -0.323 e. The Morgan fingerprint density at radius 3 is 2.75 bits per heavy atom. The first-order valence-corrected chi connectivity index (χ1v) is 5.94. The van der Waals surface area contributed by atoms with Crippen LogP contribution in [0, 0.1) is 5.92 Å². The van der Waals surface area contributed by atoms with Gasteiger partial charge in [0, 0.05) is 19.0 Å². The number of likely N-dealkylation sites (N-methyl/N-ethyl adjacent to an activating group) is 1. The lowest BCUT2D eigenvalue weighted by Crippen LogP contribution is -2.55. The summed E-state index contributed by atoms with van der Waals surface area (Å²) in [6.45, 7) is 5.93. The Kier molecular flexibility index (Phi) is 2.88. The van der Waals surface area contributed by atoms with Gasteiger partial charge < -0.3 is 10.6 Å². The van der Waals surface area contributed by atoms with E-state index in [9.17, 15) is 9.59 Å². The van der Waals surface area contributed by atoms with E-state index in [4.69, 9.17) is 0 Å². The van der Waals surface area contributed by atoms with Gasteiger partial charge >= 0.3 is 6.03 Å². The number of nitrogens with one attached hydrogen (secondary N) is 2. The number of amides is 3. The number of rotatable bonds is 2. The summed E-state index contributed by atoms with van der Waals surface area (Å²) in [5.41, 5.74) is -0.708. The van der Waals surface area contributed by atoms with Crippen LogP contribution in [0.1, 0.15) is 26.7 Å². The summed E-state index contributed by atoms with van der Waals surface area (Å²) in [5, 5.41) is 6.13. The third-order valence-corrected chi connectivity index (χ3v) is 3.73. The first-order chi connectivity index (χ1) is 7.59. The zero-order valence-corrected chi connectivity index (χ0v) is 9.88. The summed E-state index contributed by atoms with van der Waals surface area (Å²) in [7, 11) is 0. The van der Waals surface area contributed by atoms with E-state index in [1.807, 2.05) is 13.8 Å². The third-order valence-electron chi connectivity index (χ3n) is 3.73. The molecule has 2 saturated heterocycles. The van der Waals surface area contributed by atoms with Crippen LogP contribution < -0.4 is 10.6 Å². The van der Waals surface area contributed by atoms with Crippen LogP contribution in [-0.2, 0) is 4.79 Å². The van der Waals surface area contributed by atoms with Crippen LogP contribution in [0.4, 0.5) is 4.79 Å². The van der Waals surface area contributed by atoms with E-state index in [0.717, 1.165) is 25.9 Å². The fourth-order valence-electron chi connectivity index (χ4n) is 2.62. The highest BCUT2D eigenvalue weighted by Crippen LogP contribution is 2.29. The Bertz CT molecular complexity index is 312. The fourth-order valence-corrected chi connectivity index (χ4v) is 2.62. The Hall–Kier alpha value is -1.10. The maximum absolute atomic E-state index is 12.2. The number of carbonyl (C=O) groups is 2. The van der Waals surface area contributed by atoms with Gasteiger partial charge in [-0.15, -0.1) is 0 Å². The fraction of sp³-hybridized carbons (Fsp3) is 0.818. The van der Waals surface area contributed by atoms with Crippen molar-refractivity contribution in [3.63, 3.8) is 0 Å². The molecule has 2 N–H and O–H groups in total. The predicted octanol–water partition coefficient (Wildman–Crippen LogP) is 0.316. The van der Waals surface area contributed by atoms with Gasteiger partial charge in [0.25, 0.3) is 5.91 Å². The maximum Gasteiger partial charge on any atom is 0.325 e. The van der Waals surface area contributed by atoms with Crippen molar-refractivity contribution in [2.24, 2.45) is 5.92 Å². The van der Waals surface area contributed by atoms with Gasteiger partial charge in [-0.1, -0.05) is 0 Å². The summed E-state index contributed by atoms with van der Waals surface area (Å²) in [4.78, 5) is 25.1. The van der Waals surface area contributed by atoms with E-state index in [-0.39, 0.29) is 17.9 Å². The van der Waals surface area contributed by atoms with Crippen molar-refractivity contribution in [3.8, 4) is 0 Å². The van der Waals surface area contributed by atoms with Gasteiger partial charge in [0.05, 0.1) is 0 Å². The van der Waals surface area contributed by atoms with E-state index in [1.165, 1.54) is 4.90 Å². The van der Waals surface area contributed by atoms with Gasteiger partial charge in [-0.05, 0) is 33.2 Å². The molecular formula is C11H19N3O2. The minimum absolute atomic E-state index is 0.0753. The molecule has 0 radical (unpaired) electrons. The molecule has 0 aromatic rings. The molecule has 0 unspecified atom stereocenters. The highest BCUT2D eigenvalue weighted by atomic mass is 16.2. The number of carbonyl (C=O) groups excluding carboxylic acids is 2. The predicted molar refractivity (Wildman–Crippen MR) is 59.9 cm³/mol. The molecule has 5 nitrogen and oxygen atoms in total. The van der Waals surface area contributed by atoms with E-state index >= 15 is 0 Å². The summed E-state index contributed by atoms with van der Waals surface area (Å²) >= 11 is 0. The topological polar surface area (TPSA) is 61.4 Å². The molecule has 0 spiro atoms. The molecule has 3 amide bonds. The second-order valence-electron chi connectivity index (χ2n) is 4.73. The molecule has 2 atom stereocenters. The molecule has 2 aliphatic rings. The van der Waals surface area contributed by atoms with Crippen LogP contribution in [0.25, 0.3) is 0 Å². The van der Waals surface area contributed by atoms with Crippen molar-refractivity contribution in [1.82, 2.24) is 15.5 Å². The Labute approximate surface area is 95.6 Å². The minimum atomic E-state index is -0.708. The zero-order chi connectivity index (χ0) is 11.8. The Morgan fingerprint density at radius 2 is 2.25 bits per heavy atom. The summed E-state index contributed by atoms with van der Waals surface area (Å²) in [6.07, 6.45) is 2.06. The van der Waals surface area contributed by atoms with Crippen molar-refractivity contribution in [2.75, 3.05) is 19.6 Å². The van der Waals surface area contributed by atoms with Crippen molar-refractivity contribution in [3.05, 3.63) is 0 Å². The Morgan fingerprint density at radius 1 is 1.50 bits per heavy atom. The molecule has 2 rings (SSSR count). The Balaban J connectivity index is 2.18. The number of nitrogens with zero attached hydrogens (tertiary/aromatic N) is 1. The average Bonchev–Trinajstić information content (AvgIpc) is 2.52. The standard InChI is InChI=1S/C11H19N3O2/c1-3-14-9(15)11(2,13-10(14)16)8-5-4-6-12-7-8/h8,12H,3-7H2,1-2H3,(H,13,16)/t8-,11-/m0/s1. The van der Waals surface area contributed by atoms with E-state index in [1.54, 1.807) is 0 Å². The van der Waals surface area contributed by atoms with E-state index < -0.39 is 5.54 Å². The lowest BCUT2D eigenvalue weighted by Gasteiger charge is -2.34. The monoisotopic (exact) mass is 225 g/mol. The smallest absolute Gasteiger partial charge is 0.323 e. The van der Waals surface area contributed by atoms with Gasteiger partial charge in [0.1, 0.15) is 5.54 Å². The molecule has 2 heterocycles. The van der Waals surface area contributed by atoms with Crippen molar-refractivity contribution in [1.29, 1.82) is 0 Å². The SMILES string of the molecule is CCN1C(=O)N[C@@](C)([C@H]2CCCNC2)C1=O. The van der Waals surface area contributed by atoms with Gasteiger partial charge in [-0.2, -0.15) is 0 Å². The van der Waals surface area contributed by atoms with Crippen molar-refractivity contribution >= 4 is 11.9 Å². The molecule has 0 aliphatic carbocycles. The molecule has 5 heteroatoms. The first kappa shape index (κ1) is 11.4. The number of piperidine rings is 1. The molecule has 16 heavy (non-hydrogen) atoms. The van der Waals surface area contributed by atoms with E-state index in [2.05, 4.69) is 10.6 Å². The highest BCUT2D eigenvalue weighted by molar-refractivity contribution is 6.07. The van der Waals surface area contributed by atoms with Crippen molar-refractivity contribution in [2.45, 2.75) is 32.2 Å². The number of hydrogen-bond acceptors (Lipinski definition) is 3. The van der Waals surface area contributed by atoms with Crippen LogP contribution in [0.3, 0.4) is 0 Å². The second-order valence-corrected chi connectivity index (χ2v) is 4.73. The molecular weight excluding hydrogens is 206 g/mol. The molecule has 0 aromatic heterocycles. The number of urea groups is 1. The van der Waals surface area contributed by atoms with Crippen LogP contribution >= 0.6 is 0 Å². The maximum atomic E-state index is 12.2. The first-order valence-electron chi connectivity index (χ1n) is 5.94. The second kappa shape index (κ2) is 4.05. The summed E-state index contributed by atoms with van der Waals surface area (Å²) < 4.78 is 0. The lowest BCUT2D eigenvalue weighted by molar-refractivity contribution is -0.132. The van der Waals surface area contributed by atoms with Crippen LogP contribution in [0.5, 0.6) is 0 Å². The van der Waals surface area contributed by atoms with Gasteiger partial charge in [-0.25, -0.2) is 4.79 Å². The molecule has 0 aromatic carbocycles. The lowest BCUT2D eigenvalue weighted by atomic mass is 9.80. The van der Waals surface area contributed by atoms with E-state index in [0.29, 0.717) is 6.54 Å². The number of imide groups is 1. The van der Waals surface area contributed by atoms with Crippen molar-refractivity contribution < 1.29 is 9.59 Å². The van der Waals surface area contributed by atoms with Gasteiger partial charge in [-0.3, -0.25) is 9.69 Å². The zero-order valence-electron chi connectivity index (χ0n) is 9.88. The normalized spacial score (nSPS) is 35.4. The molecule has 2 aliphatic heterocycles. The third kappa shape index (κ3) is 1.59. The van der Waals surface area contributed by atoms with Gasteiger partial charge in [0.2, 0.25) is 0 Å². The summed E-state index contributed by atoms with van der Waals surface area (Å²) in [5.74, 6) is 0.128. The largest absolute Gasteiger partial charge is 0.325 e. The van der Waals surface area contributed by atoms with Crippen LogP contribution in [-0.4, -0.2) is 42.0 Å². The molecule has 0 saturated carbocycles. The highest BCUT2D eigenvalue weighted by Gasteiger charge is 2.51. The molecule has 0 bridgehead atoms. The quantitative estimate of drug-likeness (QED) is 0.665. The average molecular weight is 225 g/mol. The molecule has 2 fully saturated rings.